The molecule has 0 aliphatic carbocycles. The first-order valence-corrected chi connectivity index (χ1v) is 11.3. The molecular formula is C20H14ClFN4O5S2. The third-order valence-corrected chi connectivity index (χ3v) is 7.06. The Morgan fingerprint density at radius 1 is 1.18 bits per heavy atom. The number of halogens is 2. The highest BCUT2D eigenvalue weighted by molar-refractivity contribution is 7.16. The van der Waals surface area contributed by atoms with Crippen molar-refractivity contribution in [3.63, 3.8) is 0 Å². The molecule has 13 heteroatoms. The molecule has 4 N–H and O–H groups in total. The maximum Gasteiger partial charge on any atom is 0.334 e. The second kappa shape index (κ2) is 8.81. The van der Waals surface area contributed by atoms with E-state index >= 15 is 0 Å². The van der Waals surface area contributed by atoms with Crippen LogP contribution in [0, 0.1) is 5.82 Å². The first-order valence-electron chi connectivity index (χ1n) is 9.25. The maximum atomic E-state index is 14.2. The lowest BCUT2D eigenvalue weighted by atomic mass is 10.2. The molecule has 0 radical (unpaired) electrons. The van der Waals surface area contributed by atoms with Crippen molar-refractivity contribution in [2.24, 2.45) is 0 Å². The molecule has 4 rings (SSSR count). The van der Waals surface area contributed by atoms with Crippen molar-refractivity contribution in [1.82, 2.24) is 14.9 Å². The van der Waals surface area contributed by atoms with Crippen LogP contribution in [0.1, 0.15) is 20.6 Å². The molecule has 3 aromatic heterocycles. The van der Waals surface area contributed by atoms with E-state index in [1.807, 2.05) is 0 Å². The molecule has 0 fully saturated rings. The molecule has 170 valence electrons. The second-order valence-electron chi connectivity index (χ2n) is 6.72. The van der Waals surface area contributed by atoms with Crippen molar-refractivity contribution in [2.75, 3.05) is 12.4 Å². The number of H-pyrrole nitrogens is 1. The van der Waals surface area contributed by atoms with E-state index in [9.17, 15) is 28.7 Å². The Morgan fingerprint density at radius 3 is 2.58 bits per heavy atom. The molecule has 1 amide bonds. The van der Waals surface area contributed by atoms with Gasteiger partial charge in [0.15, 0.2) is 6.04 Å². The predicted molar refractivity (Wildman–Crippen MR) is 125 cm³/mol. The molecule has 1 aromatic carbocycles. The van der Waals surface area contributed by atoms with Gasteiger partial charge in [0.1, 0.15) is 10.8 Å². The number of carbonyl (C=O) groups excluding carboxylic acids is 1. The van der Waals surface area contributed by atoms with E-state index in [1.165, 1.54) is 37.4 Å². The summed E-state index contributed by atoms with van der Waals surface area (Å²) in [6, 6.07) is 6.76. The van der Waals surface area contributed by atoms with Gasteiger partial charge in [0, 0.05) is 11.9 Å². The summed E-state index contributed by atoms with van der Waals surface area (Å²) in [5, 5.41) is 14.6. The van der Waals surface area contributed by atoms with Crippen LogP contribution in [0.5, 0.6) is 0 Å². The Balaban J connectivity index is 1.69. The molecule has 3 heterocycles. The van der Waals surface area contributed by atoms with Gasteiger partial charge in [0.2, 0.25) is 0 Å². The lowest BCUT2D eigenvalue weighted by molar-refractivity contribution is -0.139. The summed E-state index contributed by atoms with van der Waals surface area (Å²) in [6.07, 6.45) is 0. The summed E-state index contributed by atoms with van der Waals surface area (Å²) in [5.41, 5.74) is -1.27. The number of carbonyl (C=O) groups is 2. The van der Waals surface area contributed by atoms with E-state index < -0.39 is 35.0 Å². The van der Waals surface area contributed by atoms with E-state index in [0.29, 0.717) is 9.21 Å². The Hall–Kier alpha value is -3.48. The van der Waals surface area contributed by atoms with Gasteiger partial charge in [0.25, 0.3) is 11.5 Å². The lowest BCUT2D eigenvalue weighted by Crippen LogP contribution is -2.33. The topological polar surface area (TPSA) is 133 Å². The summed E-state index contributed by atoms with van der Waals surface area (Å²) >= 11 is 7.68. The van der Waals surface area contributed by atoms with Gasteiger partial charge in [-0.25, -0.2) is 18.5 Å². The van der Waals surface area contributed by atoms with Crippen molar-refractivity contribution in [3.8, 4) is 5.00 Å². The number of aromatic amines is 1. The Bertz CT molecular complexity index is 1520. The standard InChI is InChI=1S/C20H14ClFN4O5S2/c1-23-11-7-10-8(6-9(11)22)18(28)26(20(31)24-10)15-5-3-13(33-15)17(27)25-16(19(29)30)12-2-4-14(21)32-12/h2-7,16,23H,1H3,(H,24,31)(H,25,27)(H,29,30). The van der Waals surface area contributed by atoms with E-state index in [-0.39, 0.29) is 26.5 Å². The van der Waals surface area contributed by atoms with Crippen molar-refractivity contribution in [1.29, 1.82) is 0 Å². The second-order valence-corrected chi connectivity index (χ2v) is 9.53. The number of fused-ring (bicyclic) bond motifs is 1. The number of rotatable bonds is 6. The fourth-order valence-corrected chi connectivity index (χ4v) is 5.15. The van der Waals surface area contributed by atoms with Crippen LogP contribution in [0.4, 0.5) is 10.1 Å². The number of nitrogens with zero attached hydrogens (tertiary/aromatic N) is 1. The number of benzene rings is 1. The first kappa shape index (κ1) is 22.7. The minimum atomic E-state index is -1.32. The quantitative estimate of drug-likeness (QED) is 0.316. The van der Waals surface area contributed by atoms with E-state index in [4.69, 9.17) is 11.6 Å². The largest absolute Gasteiger partial charge is 0.479 e. The van der Waals surface area contributed by atoms with Crippen LogP contribution in [-0.4, -0.2) is 33.6 Å². The number of nitrogens with one attached hydrogen (secondary N) is 3. The zero-order chi connectivity index (χ0) is 23.9. The zero-order valence-electron chi connectivity index (χ0n) is 16.6. The van der Waals surface area contributed by atoms with Crippen LogP contribution >= 0.6 is 34.3 Å². The monoisotopic (exact) mass is 508 g/mol. The number of aliphatic carboxylic acids is 1. The molecule has 1 unspecified atom stereocenters. The number of amides is 1. The molecule has 0 bridgehead atoms. The molecule has 0 saturated heterocycles. The summed E-state index contributed by atoms with van der Waals surface area (Å²) in [4.78, 5) is 52.7. The molecule has 33 heavy (non-hydrogen) atoms. The summed E-state index contributed by atoms with van der Waals surface area (Å²) in [5.74, 6) is -2.65. The highest BCUT2D eigenvalue weighted by Gasteiger charge is 2.25. The normalized spacial score (nSPS) is 12.0. The molecule has 1 atom stereocenters. The van der Waals surface area contributed by atoms with Crippen LogP contribution in [-0.2, 0) is 4.79 Å². The van der Waals surface area contributed by atoms with E-state index in [1.54, 1.807) is 0 Å². The number of carboxylic acids is 1. The van der Waals surface area contributed by atoms with E-state index in [2.05, 4.69) is 15.6 Å². The van der Waals surface area contributed by atoms with Crippen LogP contribution < -0.4 is 21.9 Å². The lowest BCUT2D eigenvalue weighted by Gasteiger charge is -2.12. The van der Waals surface area contributed by atoms with Crippen LogP contribution in [0.15, 0.2) is 46.0 Å². The minimum Gasteiger partial charge on any atom is -0.479 e. The number of hydrogen-bond donors (Lipinski definition) is 4. The summed E-state index contributed by atoms with van der Waals surface area (Å²) in [6.45, 7) is 0. The highest BCUT2D eigenvalue weighted by Crippen LogP contribution is 2.28. The van der Waals surface area contributed by atoms with Crippen LogP contribution in [0.3, 0.4) is 0 Å². The van der Waals surface area contributed by atoms with Crippen LogP contribution in [0.25, 0.3) is 15.9 Å². The van der Waals surface area contributed by atoms with Crippen molar-refractivity contribution in [3.05, 3.63) is 77.1 Å². The fourth-order valence-electron chi connectivity index (χ4n) is 3.14. The molecule has 0 aliphatic heterocycles. The molecule has 0 aliphatic rings. The highest BCUT2D eigenvalue weighted by atomic mass is 35.5. The Morgan fingerprint density at radius 2 is 1.94 bits per heavy atom. The van der Waals surface area contributed by atoms with Gasteiger partial charge in [-0.2, -0.15) is 0 Å². The van der Waals surface area contributed by atoms with Crippen LogP contribution in [0.2, 0.25) is 4.34 Å². The van der Waals surface area contributed by atoms with Gasteiger partial charge in [0.05, 0.1) is 25.8 Å². The molecule has 0 saturated carbocycles. The van der Waals surface area contributed by atoms with Gasteiger partial charge in [-0.15, -0.1) is 22.7 Å². The predicted octanol–water partition coefficient (Wildman–Crippen LogP) is 3.19. The van der Waals surface area contributed by atoms with Crippen molar-refractivity contribution in [2.45, 2.75) is 6.04 Å². The fraction of sp³-hybridized carbons (Fsp3) is 0.100. The van der Waals surface area contributed by atoms with E-state index in [0.717, 1.165) is 33.3 Å². The molecular weight excluding hydrogens is 495 g/mol. The zero-order valence-corrected chi connectivity index (χ0v) is 19.0. The Labute approximate surface area is 197 Å². The average Bonchev–Trinajstić information content (AvgIpc) is 3.41. The van der Waals surface area contributed by atoms with Crippen molar-refractivity contribution < 1.29 is 19.1 Å². The summed E-state index contributed by atoms with van der Waals surface area (Å²) < 4.78 is 15.3. The third-order valence-electron chi connectivity index (χ3n) is 4.69. The van der Waals surface area contributed by atoms with Gasteiger partial charge >= 0.3 is 11.7 Å². The average molecular weight is 509 g/mol. The summed E-state index contributed by atoms with van der Waals surface area (Å²) in [7, 11) is 1.50. The minimum absolute atomic E-state index is 0.0500. The van der Waals surface area contributed by atoms with Gasteiger partial charge in [-0.3, -0.25) is 9.59 Å². The third kappa shape index (κ3) is 4.27. The Kier molecular flexibility index (Phi) is 6.06. The molecule has 9 nitrogen and oxygen atoms in total. The van der Waals surface area contributed by atoms with Gasteiger partial charge in [-0.1, -0.05) is 11.6 Å². The maximum absolute atomic E-state index is 14.2. The number of thiophene rings is 2. The molecule has 0 spiro atoms. The van der Waals surface area contributed by atoms with Crippen molar-refractivity contribution >= 4 is 62.7 Å². The number of anilines is 1. The SMILES string of the molecule is CNc1cc2[nH]c(=O)n(-c3ccc(C(=O)NC(C(=O)O)c4ccc(Cl)s4)s3)c(=O)c2cc1F. The smallest absolute Gasteiger partial charge is 0.334 e. The number of aromatic nitrogens is 2. The first-order chi connectivity index (χ1) is 15.7. The van der Waals surface area contributed by atoms with Gasteiger partial charge < -0.3 is 20.7 Å². The molecule has 4 aromatic rings. The number of carboxylic acid groups (broad SMARTS) is 1. The van der Waals surface area contributed by atoms with Gasteiger partial charge in [-0.05, 0) is 36.4 Å². The number of hydrogen-bond acceptors (Lipinski definition) is 7.